The minimum atomic E-state index is -0.300. The largest absolute Gasteiger partial charge is 0.340 e. The van der Waals surface area contributed by atoms with Crippen molar-refractivity contribution in [3.05, 3.63) is 24.1 Å². The molecule has 2 aromatic rings. The van der Waals surface area contributed by atoms with Gasteiger partial charge >= 0.3 is 0 Å². The lowest BCUT2D eigenvalue weighted by molar-refractivity contribution is 0.349. The fourth-order valence-corrected chi connectivity index (χ4v) is 2.91. The van der Waals surface area contributed by atoms with Crippen molar-refractivity contribution in [2.45, 2.75) is 37.8 Å². The lowest BCUT2D eigenvalue weighted by atomic mass is 9.90. The maximum Gasteiger partial charge on any atom is 0.245 e. The maximum atomic E-state index is 13.2. The molecular weight excluding hydrogens is 257 g/mol. The molecule has 108 valence electrons. The summed E-state index contributed by atoms with van der Waals surface area (Å²) in [5, 5.41) is 7.70. The molecule has 0 amide bonds. The maximum absolute atomic E-state index is 13.2. The molecule has 0 aliphatic heterocycles. The van der Waals surface area contributed by atoms with Crippen molar-refractivity contribution in [2.24, 2.45) is 0 Å². The summed E-state index contributed by atoms with van der Waals surface area (Å²) in [7, 11) is 4.04. The summed E-state index contributed by atoms with van der Waals surface area (Å²) >= 11 is 0. The van der Waals surface area contributed by atoms with Crippen LogP contribution < -0.4 is 10.2 Å². The molecule has 0 atom stereocenters. The molecule has 0 bridgehead atoms. The topological polar surface area (TPSA) is 45.5 Å². The number of nitrogens with zero attached hydrogens (tertiary/aromatic N) is 4. The van der Waals surface area contributed by atoms with E-state index in [-0.39, 0.29) is 5.82 Å². The molecule has 0 spiro atoms. The van der Waals surface area contributed by atoms with Gasteiger partial charge in [0.1, 0.15) is 5.82 Å². The highest BCUT2D eigenvalue weighted by atomic mass is 19.1. The molecule has 0 unspecified atom stereocenters. The summed E-state index contributed by atoms with van der Waals surface area (Å²) in [6.07, 6.45) is 5.97. The van der Waals surface area contributed by atoms with Gasteiger partial charge in [-0.3, -0.25) is 0 Å². The van der Waals surface area contributed by atoms with Crippen LogP contribution in [0.3, 0.4) is 0 Å². The Morgan fingerprint density at radius 2 is 2.05 bits per heavy atom. The first-order valence-corrected chi connectivity index (χ1v) is 7.09. The van der Waals surface area contributed by atoms with E-state index in [1.165, 1.54) is 29.6 Å². The van der Waals surface area contributed by atoms with Crippen LogP contribution in [0.25, 0.3) is 5.65 Å². The molecule has 1 N–H and O–H groups in total. The van der Waals surface area contributed by atoms with Crippen LogP contribution in [-0.4, -0.2) is 40.8 Å². The zero-order chi connectivity index (χ0) is 14.1. The van der Waals surface area contributed by atoms with Gasteiger partial charge in [0.15, 0.2) is 5.65 Å². The number of pyridine rings is 1. The number of fused-ring (bicyclic) bond motifs is 1. The molecular formula is C14H20FN5. The van der Waals surface area contributed by atoms with Gasteiger partial charge < -0.3 is 10.2 Å². The molecule has 1 aliphatic carbocycles. The van der Waals surface area contributed by atoms with Crippen molar-refractivity contribution >= 4 is 11.6 Å². The highest BCUT2D eigenvalue weighted by Gasteiger charge is 2.25. The molecule has 3 rings (SSSR count). The van der Waals surface area contributed by atoms with Crippen molar-refractivity contribution in [3.8, 4) is 0 Å². The first-order chi connectivity index (χ1) is 9.67. The van der Waals surface area contributed by atoms with Crippen LogP contribution in [-0.2, 0) is 0 Å². The van der Waals surface area contributed by atoms with Crippen molar-refractivity contribution in [1.29, 1.82) is 0 Å². The van der Waals surface area contributed by atoms with E-state index in [2.05, 4.69) is 20.3 Å². The fraction of sp³-hybridized carbons (Fsp3) is 0.571. The second-order valence-corrected chi connectivity index (χ2v) is 5.47. The van der Waals surface area contributed by atoms with Gasteiger partial charge in [-0.1, -0.05) is 0 Å². The minimum Gasteiger partial charge on any atom is -0.340 e. The van der Waals surface area contributed by atoms with E-state index < -0.39 is 0 Å². The molecule has 2 aromatic heterocycles. The quantitative estimate of drug-likeness (QED) is 0.930. The van der Waals surface area contributed by atoms with E-state index in [1.54, 1.807) is 6.07 Å². The second-order valence-electron chi connectivity index (χ2n) is 5.47. The van der Waals surface area contributed by atoms with Crippen molar-refractivity contribution in [1.82, 2.24) is 19.9 Å². The van der Waals surface area contributed by atoms with E-state index in [1.807, 2.05) is 14.1 Å². The number of aromatic nitrogens is 3. The predicted octanol–water partition coefficient (Wildman–Crippen LogP) is 1.84. The van der Waals surface area contributed by atoms with Crippen LogP contribution in [0.5, 0.6) is 0 Å². The Hall–Kier alpha value is -1.69. The Kier molecular flexibility index (Phi) is 3.56. The molecule has 20 heavy (non-hydrogen) atoms. The van der Waals surface area contributed by atoms with Gasteiger partial charge in [-0.2, -0.15) is 4.98 Å². The van der Waals surface area contributed by atoms with Crippen LogP contribution in [0.4, 0.5) is 10.3 Å². The minimum absolute atomic E-state index is 0.300. The number of anilines is 1. The summed E-state index contributed by atoms with van der Waals surface area (Å²) < 4.78 is 14.7. The molecule has 1 aliphatic rings. The molecule has 1 saturated carbocycles. The molecule has 2 heterocycles. The van der Waals surface area contributed by atoms with Gasteiger partial charge in [0.25, 0.3) is 0 Å². The van der Waals surface area contributed by atoms with E-state index in [9.17, 15) is 4.39 Å². The lowest BCUT2D eigenvalue weighted by Crippen LogP contribution is -2.40. The number of rotatable bonds is 3. The van der Waals surface area contributed by atoms with E-state index >= 15 is 0 Å². The monoisotopic (exact) mass is 277 g/mol. The fourth-order valence-electron chi connectivity index (χ4n) is 2.91. The van der Waals surface area contributed by atoms with E-state index in [0.717, 1.165) is 12.8 Å². The Morgan fingerprint density at radius 3 is 2.75 bits per heavy atom. The molecule has 0 saturated heterocycles. The summed E-state index contributed by atoms with van der Waals surface area (Å²) in [6.45, 7) is 0. The van der Waals surface area contributed by atoms with Crippen LogP contribution in [0.15, 0.2) is 18.3 Å². The Balaban J connectivity index is 1.77. The molecule has 5 nitrogen and oxygen atoms in total. The molecule has 0 aromatic carbocycles. The average molecular weight is 277 g/mol. The second kappa shape index (κ2) is 5.36. The molecule has 1 fully saturated rings. The van der Waals surface area contributed by atoms with Gasteiger partial charge in [-0.15, -0.1) is 5.10 Å². The summed E-state index contributed by atoms with van der Waals surface area (Å²) in [5.74, 6) is 0.370. The smallest absolute Gasteiger partial charge is 0.245 e. The number of hydrogen-bond donors (Lipinski definition) is 1. The third-order valence-electron chi connectivity index (χ3n) is 4.25. The van der Waals surface area contributed by atoms with Crippen molar-refractivity contribution in [3.63, 3.8) is 0 Å². The van der Waals surface area contributed by atoms with Crippen LogP contribution in [0.1, 0.15) is 25.7 Å². The normalized spacial score (nSPS) is 23.1. The van der Waals surface area contributed by atoms with Gasteiger partial charge in [0.2, 0.25) is 5.95 Å². The number of nitrogens with one attached hydrogen (secondary N) is 1. The van der Waals surface area contributed by atoms with Gasteiger partial charge in [0.05, 0.1) is 6.20 Å². The van der Waals surface area contributed by atoms with Gasteiger partial charge in [0, 0.05) is 19.1 Å². The predicted molar refractivity (Wildman–Crippen MR) is 76.5 cm³/mol. The zero-order valence-electron chi connectivity index (χ0n) is 11.9. The average Bonchev–Trinajstić information content (AvgIpc) is 2.89. The molecule has 6 heteroatoms. The van der Waals surface area contributed by atoms with Crippen molar-refractivity contribution < 1.29 is 4.39 Å². The highest BCUT2D eigenvalue weighted by Crippen LogP contribution is 2.24. The SMILES string of the molecule is CNC1CCC(N(C)c2nc3ccc(F)cn3n2)CC1. The first kappa shape index (κ1) is 13.3. The first-order valence-electron chi connectivity index (χ1n) is 7.09. The summed E-state index contributed by atoms with van der Waals surface area (Å²) in [4.78, 5) is 6.59. The third kappa shape index (κ3) is 2.47. The van der Waals surface area contributed by atoms with Crippen molar-refractivity contribution in [2.75, 3.05) is 19.0 Å². The summed E-state index contributed by atoms with van der Waals surface area (Å²) in [5.41, 5.74) is 0.678. The van der Waals surface area contributed by atoms with Crippen LogP contribution in [0, 0.1) is 5.82 Å². The lowest BCUT2D eigenvalue weighted by Gasteiger charge is -2.33. The Morgan fingerprint density at radius 1 is 1.30 bits per heavy atom. The van der Waals surface area contributed by atoms with E-state index in [4.69, 9.17) is 0 Å². The standard InChI is InChI=1S/C14H20FN5/c1-16-11-4-6-12(7-5-11)19(2)14-17-13-8-3-10(15)9-20(13)18-14/h3,8-9,11-12,16H,4-7H2,1-2H3. The van der Waals surface area contributed by atoms with Crippen LogP contribution in [0.2, 0.25) is 0 Å². The van der Waals surface area contributed by atoms with Gasteiger partial charge in [-0.25, -0.2) is 8.91 Å². The Labute approximate surface area is 117 Å². The number of halogens is 1. The highest BCUT2D eigenvalue weighted by molar-refractivity contribution is 5.44. The summed E-state index contributed by atoms with van der Waals surface area (Å²) in [6, 6.07) is 4.15. The Bertz CT molecular complexity index is 588. The van der Waals surface area contributed by atoms with Crippen LogP contribution >= 0.6 is 0 Å². The van der Waals surface area contributed by atoms with E-state index in [0.29, 0.717) is 23.7 Å². The van der Waals surface area contributed by atoms with Gasteiger partial charge in [-0.05, 0) is 44.9 Å². The number of hydrogen-bond acceptors (Lipinski definition) is 4. The third-order valence-corrected chi connectivity index (χ3v) is 4.25. The zero-order valence-corrected chi connectivity index (χ0v) is 11.9. The molecule has 0 radical (unpaired) electrons.